The van der Waals surface area contributed by atoms with Crippen LogP contribution in [0.2, 0.25) is 0 Å². The minimum Gasteiger partial charge on any atom is -0.479 e. The smallest absolute Gasteiger partial charge is 0.265 e. The van der Waals surface area contributed by atoms with Crippen molar-refractivity contribution in [1.82, 2.24) is 0 Å². The summed E-state index contributed by atoms with van der Waals surface area (Å²) in [4.78, 5) is 23.6. The Morgan fingerprint density at radius 2 is 2.00 bits per heavy atom. The first-order valence-corrected chi connectivity index (χ1v) is 6.82. The molecule has 1 heterocycles. The van der Waals surface area contributed by atoms with Crippen LogP contribution in [0.5, 0.6) is 5.75 Å². The lowest BCUT2D eigenvalue weighted by molar-refractivity contribution is -0.122. The summed E-state index contributed by atoms with van der Waals surface area (Å²) >= 11 is 0. The third kappa shape index (κ3) is 2.98. The fourth-order valence-electron chi connectivity index (χ4n) is 2.16. The van der Waals surface area contributed by atoms with Gasteiger partial charge in [0.15, 0.2) is 6.10 Å². The maximum Gasteiger partial charge on any atom is 0.265 e. The fraction of sp³-hybridized carbons (Fsp3) is 0.125. The number of rotatable bonds is 2. The molecule has 1 unspecified atom stereocenters. The molecular formula is C16H12F2N2O3. The summed E-state index contributed by atoms with van der Waals surface area (Å²) in [6.45, 7) is 1.61. The molecule has 0 radical (unpaired) electrons. The van der Waals surface area contributed by atoms with Crippen LogP contribution in [0, 0.1) is 11.6 Å². The van der Waals surface area contributed by atoms with Gasteiger partial charge in [0.05, 0.1) is 11.3 Å². The average molecular weight is 318 g/mol. The van der Waals surface area contributed by atoms with E-state index < -0.39 is 29.2 Å². The van der Waals surface area contributed by atoms with E-state index in [2.05, 4.69) is 10.6 Å². The van der Waals surface area contributed by atoms with Crippen molar-refractivity contribution < 1.29 is 23.1 Å². The predicted octanol–water partition coefficient (Wildman–Crippen LogP) is 2.94. The average Bonchev–Trinajstić information content (AvgIpc) is 2.51. The molecule has 1 aliphatic rings. The number of benzene rings is 2. The summed E-state index contributed by atoms with van der Waals surface area (Å²) in [6.07, 6.45) is -0.607. The summed E-state index contributed by atoms with van der Waals surface area (Å²) in [5.41, 5.74) is 0.304. The number of hydrogen-bond donors (Lipinski definition) is 2. The minimum absolute atomic E-state index is 0.308. The summed E-state index contributed by atoms with van der Waals surface area (Å²) in [5.74, 6) is -2.17. The Bertz CT molecular complexity index is 808. The van der Waals surface area contributed by atoms with Gasteiger partial charge in [-0.2, -0.15) is 0 Å². The van der Waals surface area contributed by atoms with Crippen LogP contribution in [-0.4, -0.2) is 17.9 Å². The second kappa shape index (κ2) is 5.68. The standard InChI is InChI=1S/C16H12F2N2O3/c1-8-15(21)20-13-7-10(3-5-14(13)23-8)19-16(22)11-6-9(17)2-4-12(11)18/h2-8H,1H3,(H,19,22)(H,20,21). The van der Waals surface area contributed by atoms with Crippen LogP contribution in [-0.2, 0) is 4.79 Å². The Balaban J connectivity index is 1.84. The molecule has 2 aromatic carbocycles. The fourth-order valence-corrected chi connectivity index (χ4v) is 2.16. The van der Waals surface area contributed by atoms with Crippen LogP contribution in [0.1, 0.15) is 17.3 Å². The van der Waals surface area contributed by atoms with Crippen LogP contribution in [0.25, 0.3) is 0 Å². The van der Waals surface area contributed by atoms with Gasteiger partial charge in [-0.3, -0.25) is 9.59 Å². The highest BCUT2D eigenvalue weighted by Crippen LogP contribution is 2.32. The molecule has 5 nitrogen and oxygen atoms in total. The summed E-state index contributed by atoms with van der Waals surface area (Å²) in [5, 5.41) is 5.08. The van der Waals surface area contributed by atoms with Gasteiger partial charge >= 0.3 is 0 Å². The first kappa shape index (κ1) is 15.0. The summed E-state index contributed by atoms with van der Waals surface area (Å²) in [7, 11) is 0. The van der Waals surface area contributed by atoms with Gasteiger partial charge in [-0.15, -0.1) is 0 Å². The molecule has 3 rings (SSSR count). The second-order valence-electron chi connectivity index (χ2n) is 5.04. The number of amides is 2. The highest BCUT2D eigenvalue weighted by atomic mass is 19.1. The van der Waals surface area contributed by atoms with Crippen molar-refractivity contribution in [2.24, 2.45) is 0 Å². The maximum absolute atomic E-state index is 13.6. The molecule has 1 atom stereocenters. The molecule has 7 heteroatoms. The lowest BCUT2D eigenvalue weighted by atomic mass is 10.1. The maximum atomic E-state index is 13.6. The normalized spacial score (nSPS) is 16.1. The third-order valence-corrected chi connectivity index (χ3v) is 3.34. The van der Waals surface area contributed by atoms with Gasteiger partial charge in [-0.1, -0.05) is 0 Å². The SMILES string of the molecule is CC1Oc2ccc(NC(=O)c3cc(F)ccc3F)cc2NC1=O. The number of carbonyl (C=O) groups excluding carboxylic acids is 2. The lowest BCUT2D eigenvalue weighted by Crippen LogP contribution is -2.34. The van der Waals surface area contributed by atoms with Crippen molar-refractivity contribution in [2.45, 2.75) is 13.0 Å². The van der Waals surface area contributed by atoms with Crippen LogP contribution in [0.4, 0.5) is 20.2 Å². The first-order valence-electron chi connectivity index (χ1n) is 6.82. The molecular weight excluding hydrogens is 306 g/mol. The van der Waals surface area contributed by atoms with Crippen molar-refractivity contribution in [3.8, 4) is 5.75 Å². The predicted molar refractivity (Wildman–Crippen MR) is 79.5 cm³/mol. The molecule has 23 heavy (non-hydrogen) atoms. The largest absolute Gasteiger partial charge is 0.479 e. The number of ether oxygens (including phenoxy) is 1. The number of hydrogen-bond acceptors (Lipinski definition) is 3. The van der Waals surface area contributed by atoms with E-state index in [-0.39, 0.29) is 5.91 Å². The van der Waals surface area contributed by atoms with Crippen molar-refractivity contribution in [1.29, 1.82) is 0 Å². The molecule has 1 aliphatic heterocycles. The van der Waals surface area contributed by atoms with E-state index in [1.807, 2.05) is 0 Å². The van der Waals surface area contributed by atoms with E-state index >= 15 is 0 Å². The highest BCUT2D eigenvalue weighted by Gasteiger charge is 2.24. The Labute approximate surface area is 130 Å². The molecule has 2 N–H and O–H groups in total. The van der Waals surface area contributed by atoms with Crippen LogP contribution in [0.15, 0.2) is 36.4 Å². The molecule has 0 saturated heterocycles. The molecule has 0 spiro atoms. The van der Waals surface area contributed by atoms with Gasteiger partial charge in [-0.05, 0) is 43.3 Å². The zero-order valence-electron chi connectivity index (χ0n) is 12.0. The number of carbonyl (C=O) groups is 2. The van der Waals surface area contributed by atoms with Gasteiger partial charge in [0.25, 0.3) is 11.8 Å². The monoisotopic (exact) mass is 318 g/mol. The van der Waals surface area contributed by atoms with Gasteiger partial charge in [-0.25, -0.2) is 8.78 Å². The number of halogens is 2. The Morgan fingerprint density at radius 3 is 2.78 bits per heavy atom. The van der Waals surface area contributed by atoms with Gasteiger partial charge in [0, 0.05) is 5.69 Å². The zero-order chi connectivity index (χ0) is 16.6. The molecule has 0 fully saturated rings. The van der Waals surface area contributed by atoms with Crippen molar-refractivity contribution in [2.75, 3.05) is 10.6 Å². The minimum atomic E-state index is -0.827. The molecule has 0 saturated carbocycles. The topological polar surface area (TPSA) is 67.4 Å². The molecule has 0 bridgehead atoms. The van der Waals surface area contributed by atoms with Gasteiger partial charge in [0.1, 0.15) is 17.4 Å². The third-order valence-electron chi connectivity index (χ3n) is 3.34. The molecule has 2 amide bonds. The number of anilines is 2. The van der Waals surface area contributed by atoms with Gasteiger partial charge < -0.3 is 15.4 Å². The first-order chi connectivity index (χ1) is 10.9. The van der Waals surface area contributed by atoms with E-state index in [1.165, 1.54) is 12.1 Å². The quantitative estimate of drug-likeness (QED) is 0.894. The Morgan fingerprint density at radius 1 is 1.22 bits per heavy atom. The number of fused-ring (bicyclic) bond motifs is 1. The summed E-state index contributed by atoms with van der Waals surface area (Å²) in [6, 6.07) is 7.22. The molecule has 2 aromatic rings. The van der Waals surface area contributed by atoms with Gasteiger partial charge in [0.2, 0.25) is 0 Å². The molecule has 0 aromatic heterocycles. The van der Waals surface area contributed by atoms with Crippen LogP contribution < -0.4 is 15.4 Å². The Hall–Kier alpha value is -2.96. The van der Waals surface area contributed by atoms with E-state index in [4.69, 9.17) is 4.74 Å². The molecule has 0 aliphatic carbocycles. The number of nitrogens with one attached hydrogen (secondary N) is 2. The van der Waals surface area contributed by atoms with Crippen LogP contribution in [0.3, 0.4) is 0 Å². The van der Waals surface area contributed by atoms with Crippen LogP contribution >= 0.6 is 0 Å². The Kier molecular flexibility index (Phi) is 3.69. The summed E-state index contributed by atoms with van der Waals surface area (Å²) < 4.78 is 32.1. The van der Waals surface area contributed by atoms with E-state index in [9.17, 15) is 18.4 Å². The van der Waals surface area contributed by atoms with E-state index in [1.54, 1.807) is 13.0 Å². The van der Waals surface area contributed by atoms with E-state index in [0.29, 0.717) is 17.1 Å². The molecule has 118 valence electrons. The lowest BCUT2D eigenvalue weighted by Gasteiger charge is -2.23. The zero-order valence-corrected chi connectivity index (χ0v) is 12.0. The highest BCUT2D eigenvalue weighted by molar-refractivity contribution is 6.05. The van der Waals surface area contributed by atoms with Crippen molar-refractivity contribution in [3.05, 3.63) is 53.6 Å². The van der Waals surface area contributed by atoms with Crippen molar-refractivity contribution in [3.63, 3.8) is 0 Å². The van der Waals surface area contributed by atoms with E-state index in [0.717, 1.165) is 18.2 Å². The van der Waals surface area contributed by atoms with Crippen molar-refractivity contribution >= 4 is 23.2 Å². The second-order valence-corrected chi connectivity index (χ2v) is 5.04.